The van der Waals surface area contributed by atoms with Crippen molar-refractivity contribution in [2.45, 2.75) is 12.6 Å². The number of benzene rings is 3. The van der Waals surface area contributed by atoms with Gasteiger partial charge in [-0.1, -0.05) is 0 Å². The number of aliphatic hydroxyl groups excluding tert-OH is 1. The van der Waals surface area contributed by atoms with Crippen LogP contribution in [0.3, 0.4) is 0 Å². The summed E-state index contributed by atoms with van der Waals surface area (Å²) in [5, 5.41) is 11.1. The number of carbonyl (C=O) groups is 1. The monoisotopic (exact) mass is 434 g/mol. The van der Waals surface area contributed by atoms with Gasteiger partial charge in [0.15, 0.2) is 0 Å². The van der Waals surface area contributed by atoms with Crippen molar-refractivity contribution in [2.75, 3.05) is 12.8 Å². The Labute approximate surface area is 173 Å². The Morgan fingerprint density at radius 1 is 0.767 bits per heavy atom. The standard InChI is InChI=1S/C23H22F3O3P/c24-23(25,26)22(28)29-30(18-10-17-27,19-11-4-1-5-12-19,20-13-6-2-7-14-20)21-15-8-3-9-16-21/h1-9,11-16,27H,10,17-18H2. The fraction of sp³-hybridized carbons (Fsp3) is 0.174. The van der Waals surface area contributed by atoms with E-state index in [2.05, 4.69) is 0 Å². The number of carbonyl (C=O) groups excluding carboxylic acids is 1. The van der Waals surface area contributed by atoms with Crippen LogP contribution in [-0.2, 0) is 9.32 Å². The third kappa shape index (κ3) is 3.73. The molecule has 0 saturated carbocycles. The summed E-state index contributed by atoms with van der Waals surface area (Å²) in [4.78, 5) is 12.4. The molecule has 0 aromatic heterocycles. The van der Waals surface area contributed by atoms with Crippen LogP contribution in [0.4, 0.5) is 13.2 Å². The number of hydrogen-bond donors (Lipinski definition) is 1. The van der Waals surface area contributed by atoms with Crippen molar-refractivity contribution in [2.24, 2.45) is 0 Å². The van der Waals surface area contributed by atoms with E-state index in [1.165, 1.54) is 0 Å². The summed E-state index contributed by atoms with van der Waals surface area (Å²) in [7, 11) is 0. The molecule has 0 amide bonds. The van der Waals surface area contributed by atoms with Gasteiger partial charge < -0.3 is 0 Å². The van der Waals surface area contributed by atoms with Crippen molar-refractivity contribution in [3.63, 3.8) is 0 Å². The van der Waals surface area contributed by atoms with E-state index in [4.69, 9.17) is 4.52 Å². The van der Waals surface area contributed by atoms with E-state index >= 15 is 0 Å². The van der Waals surface area contributed by atoms with E-state index in [1.54, 1.807) is 91.0 Å². The average Bonchev–Trinajstić information content (AvgIpc) is 2.78. The predicted molar refractivity (Wildman–Crippen MR) is 114 cm³/mol. The third-order valence-electron chi connectivity index (χ3n) is 5.17. The molecule has 0 spiro atoms. The first-order valence-electron chi connectivity index (χ1n) is 9.44. The van der Waals surface area contributed by atoms with Crippen molar-refractivity contribution < 1.29 is 27.6 Å². The summed E-state index contributed by atoms with van der Waals surface area (Å²) in [6.45, 7) is -4.67. The van der Waals surface area contributed by atoms with Gasteiger partial charge in [-0.25, -0.2) is 0 Å². The number of aliphatic hydroxyl groups is 1. The van der Waals surface area contributed by atoms with Crippen LogP contribution >= 0.6 is 6.83 Å². The first kappa shape index (κ1) is 22.0. The van der Waals surface area contributed by atoms with Crippen LogP contribution < -0.4 is 15.9 Å². The second-order valence-corrected chi connectivity index (χ2v) is 11.5. The van der Waals surface area contributed by atoms with Gasteiger partial charge in [0.05, 0.1) is 0 Å². The normalized spacial score (nSPS) is 13.3. The van der Waals surface area contributed by atoms with E-state index in [9.17, 15) is 23.1 Å². The molecular formula is C23H22F3O3P. The molecule has 0 aliphatic heterocycles. The van der Waals surface area contributed by atoms with Crippen molar-refractivity contribution in [3.8, 4) is 0 Å². The summed E-state index contributed by atoms with van der Waals surface area (Å²) in [6.07, 6.45) is -4.97. The summed E-state index contributed by atoms with van der Waals surface area (Å²) < 4.78 is 46.3. The van der Waals surface area contributed by atoms with Gasteiger partial charge >= 0.3 is 173 Å². The van der Waals surface area contributed by atoms with E-state index in [-0.39, 0.29) is 19.2 Å². The summed E-state index contributed by atoms with van der Waals surface area (Å²) in [5.74, 6) is -2.24. The quantitative estimate of drug-likeness (QED) is 0.574. The molecule has 0 saturated heterocycles. The fourth-order valence-electron chi connectivity index (χ4n) is 3.88. The van der Waals surface area contributed by atoms with Crippen LogP contribution in [0.15, 0.2) is 91.0 Å². The van der Waals surface area contributed by atoms with E-state index in [0.717, 1.165) is 0 Å². The number of halogens is 3. The molecule has 3 aromatic carbocycles. The molecule has 30 heavy (non-hydrogen) atoms. The minimum absolute atomic E-state index is 0.0436. The first-order valence-corrected chi connectivity index (χ1v) is 11.8. The third-order valence-corrected chi connectivity index (χ3v) is 11.1. The molecule has 0 unspecified atom stereocenters. The second kappa shape index (κ2) is 8.58. The molecule has 0 heterocycles. The molecule has 0 fully saturated rings. The van der Waals surface area contributed by atoms with E-state index in [1.807, 2.05) is 0 Å². The van der Waals surface area contributed by atoms with Gasteiger partial charge in [-0.05, 0) is 0 Å². The molecule has 3 nitrogen and oxygen atoms in total. The van der Waals surface area contributed by atoms with Crippen molar-refractivity contribution in [1.29, 1.82) is 0 Å². The topological polar surface area (TPSA) is 46.5 Å². The maximum atomic E-state index is 13.5. The molecule has 3 aromatic rings. The minimum atomic E-state index is -5.17. The first-order chi connectivity index (χ1) is 14.3. The molecule has 0 atom stereocenters. The second-order valence-electron chi connectivity index (χ2n) is 6.90. The number of alkyl halides is 3. The summed E-state index contributed by atoms with van der Waals surface area (Å²) in [6, 6.07) is 25.7. The van der Waals surface area contributed by atoms with Gasteiger partial charge in [-0.3, -0.25) is 0 Å². The van der Waals surface area contributed by atoms with Gasteiger partial charge in [0.25, 0.3) is 0 Å². The molecule has 0 radical (unpaired) electrons. The van der Waals surface area contributed by atoms with Gasteiger partial charge in [0.1, 0.15) is 0 Å². The molecule has 0 aliphatic carbocycles. The van der Waals surface area contributed by atoms with E-state index in [0.29, 0.717) is 15.9 Å². The summed E-state index contributed by atoms with van der Waals surface area (Å²) in [5.41, 5.74) is 0. The van der Waals surface area contributed by atoms with Gasteiger partial charge in [0, 0.05) is 0 Å². The SMILES string of the molecule is O=C(OP(CCCO)(c1ccccc1)(c1ccccc1)c1ccccc1)C(F)(F)F. The van der Waals surface area contributed by atoms with Gasteiger partial charge in [0.2, 0.25) is 0 Å². The molecule has 3 rings (SSSR count). The summed E-state index contributed by atoms with van der Waals surface area (Å²) >= 11 is 0. The Bertz CT molecular complexity index is 877. The molecule has 0 aliphatic rings. The Morgan fingerprint density at radius 2 is 1.13 bits per heavy atom. The zero-order valence-corrected chi connectivity index (χ0v) is 17.0. The molecule has 7 heteroatoms. The number of hydrogen-bond acceptors (Lipinski definition) is 3. The van der Waals surface area contributed by atoms with Crippen LogP contribution in [0.5, 0.6) is 0 Å². The Balaban J connectivity index is 2.49. The van der Waals surface area contributed by atoms with Crippen LogP contribution in [0.25, 0.3) is 0 Å². The zero-order chi connectivity index (χ0) is 21.7. The molecule has 158 valence electrons. The van der Waals surface area contributed by atoms with Crippen LogP contribution in [0.2, 0.25) is 0 Å². The van der Waals surface area contributed by atoms with Crippen molar-refractivity contribution in [1.82, 2.24) is 0 Å². The number of rotatable bonds is 7. The molecule has 0 bridgehead atoms. The fourth-order valence-corrected chi connectivity index (χ4v) is 9.57. The maximum absolute atomic E-state index is 13.5. The Hall–Kier alpha value is -2.69. The van der Waals surface area contributed by atoms with Gasteiger partial charge in [-0.2, -0.15) is 0 Å². The average molecular weight is 434 g/mol. The van der Waals surface area contributed by atoms with E-state index < -0.39 is 19.0 Å². The van der Waals surface area contributed by atoms with Crippen LogP contribution in [-0.4, -0.2) is 30.0 Å². The molecular weight excluding hydrogens is 412 g/mol. The molecule has 1 N–H and O–H groups in total. The van der Waals surface area contributed by atoms with Gasteiger partial charge in [-0.15, -0.1) is 0 Å². The Kier molecular flexibility index (Phi) is 6.30. The Morgan fingerprint density at radius 3 is 1.43 bits per heavy atom. The predicted octanol–water partition coefficient (Wildman–Crippen LogP) is 3.92. The van der Waals surface area contributed by atoms with Crippen LogP contribution in [0, 0.1) is 0 Å². The van der Waals surface area contributed by atoms with Crippen molar-refractivity contribution >= 4 is 28.7 Å². The van der Waals surface area contributed by atoms with Crippen molar-refractivity contribution in [3.05, 3.63) is 91.0 Å². The van der Waals surface area contributed by atoms with Crippen LogP contribution in [0.1, 0.15) is 6.42 Å². The zero-order valence-electron chi connectivity index (χ0n) is 16.1.